The summed E-state index contributed by atoms with van der Waals surface area (Å²) in [5.74, 6) is 0.995. The van der Waals surface area contributed by atoms with E-state index in [1.807, 2.05) is 18.0 Å². The molecule has 2 N–H and O–H groups in total. The lowest BCUT2D eigenvalue weighted by Gasteiger charge is -2.46. The van der Waals surface area contributed by atoms with Crippen molar-refractivity contribution < 1.29 is 4.79 Å². The largest absolute Gasteiger partial charge is 0.340 e. The second-order valence-corrected chi connectivity index (χ2v) is 7.41. The number of rotatable bonds is 1. The van der Waals surface area contributed by atoms with Gasteiger partial charge in [-0.25, -0.2) is 9.97 Å². The molecule has 1 amide bonds. The molecule has 2 heterocycles. The first-order chi connectivity index (χ1) is 10.5. The van der Waals surface area contributed by atoms with E-state index in [1.54, 1.807) is 0 Å². The molecule has 0 aromatic carbocycles. The summed E-state index contributed by atoms with van der Waals surface area (Å²) in [5.41, 5.74) is 8.18. The third-order valence-electron chi connectivity index (χ3n) is 5.90. The number of carbonyl (C=O) groups is 1. The minimum absolute atomic E-state index is 0. The molecule has 2 aliphatic carbocycles. The molecule has 23 heavy (non-hydrogen) atoms. The zero-order valence-corrected chi connectivity index (χ0v) is 14.5. The summed E-state index contributed by atoms with van der Waals surface area (Å²) in [6.07, 6.45) is 9.02. The van der Waals surface area contributed by atoms with Gasteiger partial charge >= 0.3 is 0 Å². The predicted octanol–water partition coefficient (Wildman–Crippen LogP) is 1.89. The Labute approximate surface area is 143 Å². The van der Waals surface area contributed by atoms with E-state index in [4.69, 9.17) is 10.7 Å². The van der Waals surface area contributed by atoms with E-state index in [0.717, 1.165) is 63.9 Å². The molecule has 1 unspecified atom stereocenters. The summed E-state index contributed by atoms with van der Waals surface area (Å²) in [7, 11) is 0. The van der Waals surface area contributed by atoms with Crippen molar-refractivity contribution in [3.63, 3.8) is 0 Å². The van der Waals surface area contributed by atoms with Crippen molar-refractivity contribution in [1.29, 1.82) is 0 Å². The Kier molecular flexibility index (Phi) is 4.13. The number of nitrogens with two attached hydrogens (primary N) is 1. The molecule has 0 bridgehead atoms. The first-order valence-electron chi connectivity index (χ1n) is 8.44. The summed E-state index contributed by atoms with van der Waals surface area (Å²) in [6.45, 7) is 3.58. The van der Waals surface area contributed by atoms with Crippen LogP contribution in [0.5, 0.6) is 0 Å². The Balaban J connectivity index is 0.00000156. The van der Waals surface area contributed by atoms with Crippen molar-refractivity contribution in [2.24, 2.45) is 5.73 Å². The molecule has 4 rings (SSSR count). The van der Waals surface area contributed by atoms with Crippen LogP contribution < -0.4 is 5.73 Å². The van der Waals surface area contributed by atoms with Crippen LogP contribution in [0.15, 0.2) is 6.20 Å². The van der Waals surface area contributed by atoms with E-state index in [-0.39, 0.29) is 23.7 Å². The van der Waals surface area contributed by atoms with Crippen LogP contribution in [0.25, 0.3) is 0 Å². The van der Waals surface area contributed by atoms with Gasteiger partial charge in [0.25, 0.3) is 0 Å². The van der Waals surface area contributed by atoms with Crippen molar-refractivity contribution in [3.8, 4) is 0 Å². The third-order valence-corrected chi connectivity index (χ3v) is 5.90. The lowest BCUT2D eigenvalue weighted by molar-refractivity contribution is -0.142. The van der Waals surface area contributed by atoms with Gasteiger partial charge in [-0.05, 0) is 57.4 Å². The maximum atomic E-state index is 12.8. The Hall–Kier alpha value is -1.20. The van der Waals surface area contributed by atoms with Crippen LogP contribution in [-0.4, -0.2) is 39.4 Å². The molecule has 1 aromatic heterocycles. The first-order valence-corrected chi connectivity index (χ1v) is 8.44. The molecule has 2 fully saturated rings. The highest BCUT2D eigenvalue weighted by Gasteiger charge is 2.49. The number of aryl methyl sites for hydroxylation is 2. The molecule has 5 nitrogen and oxygen atoms in total. The smallest absolute Gasteiger partial charge is 0.242 e. The van der Waals surface area contributed by atoms with Gasteiger partial charge in [-0.2, -0.15) is 0 Å². The normalized spacial score (nSPS) is 28.0. The third kappa shape index (κ3) is 2.54. The van der Waals surface area contributed by atoms with Crippen LogP contribution in [0.3, 0.4) is 0 Å². The van der Waals surface area contributed by atoms with Gasteiger partial charge in [-0.15, -0.1) is 12.4 Å². The lowest BCUT2D eigenvalue weighted by Crippen LogP contribution is -2.62. The maximum Gasteiger partial charge on any atom is 0.242 e. The fourth-order valence-electron chi connectivity index (χ4n) is 4.42. The highest BCUT2D eigenvalue weighted by Crippen LogP contribution is 2.44. The quantitative estimate of drug-likeness (QED) is 0.850. The minimum atomic E-state index is -0.582. The molecule has 1 saturated heterocycles. The summed E-state index contributed by atoms with van der Waals surface area (Å²) < 4.78 is 0. The number of carbonyl (C=O) groups excluding carboxylic acids is 1. The van der Waals surface area contributed by atoms with Gasteiger partial charge in [-0.1, -0.05) is 0 Å². The molecular weight excluding hydrogens is 312 g/mol. The van der Waals surface area contributed by atoms with E-state index >= 15 is 0 Å². The molecule has 1 saturated carbocycles. The molecule has 1 atom stereocenters. The Morgan fingerprint density at radius 3 is 2.74 bits per heavy atom. The van der Waals surface area contributed by atoms with Gasteiger partial charge in [-0.3, -0.25) is 4.79 Å². The zero-order valence-electron chi connectivity index (χ0n) is 13.7. The standard InChI is InChI=1S/C17H24N4O.ClH/c1-12-19-10-13-4-8-16(14(13)20-12)5-3-9-21(11-16)15(22)17(18)6-2-7-17;/h10H,2-9,11,18H2,1H3;1H. The number of hydrogen-bond donors (Lipinski definition) is 1. The Bertz CT molecular complexity index is 627. The first kappa shape index (κ1) is 16.7. The summed E-state index contributed by atoms with van der Waals surface area (Å²) >= 11 is 0. The monoisotopic (exact) mass is 336 g/mol. The van der Waals surface area contributed by atoms with Crippen LogP contribution in [-0.2, 0) is 16.6 Å². The average molecular weight is 337 g/mol. The van der Waals surface area contributed by atoms with Crippen LogP contribution >= 0.6 is 12.4 Å². The predicted molar refractivity (Wildman–Crippen MR) is 90.6 cm³/mol. The number of piperidine rings is 1. The molecule has 3 aliphatic rings. The van der Waals surface area contributed by atoms with Gasteiger partial charge in [0.05, 0.1) is 11.2 Å². The van der Waals surface area contributed by atoms with E-state index < -0.39 is 5.54 Å². The van der Waals surface area contributed by atoms with E-state index in [9.17, 15) is 4.79 Å². The van der Waals surface area contributed by atoms with Crippen molar-refractivity contribution in [1.82, 2.24) is 14.9 Å². The number of amides is 1. The minimum Gasteiger partial charge on any atom is -0.340 e. The molecule has 6 heteroatoms. The average Bonchev–Trinajstić information content (AvgIpc) is 2.82. The topological polar surface area (TPSA) is 72.1 Å². The Morgan fingerprint density at radius 2 is 2.04 bits per heavy atom. The number of fused-ring (bicyclic) bond motifs is 2. The molecule has 1 spiro atoms. The summed E-state index contributed by atoms with van der Waals surface area (Å²) in [4.78, 5) is 23.9. The van der Waals surface area contributed by atoms with Gasteiger partial charge in [0.1, 0.15) is 5.82 Å². The number of nitrogens with zero attached hydrogens (tertiary/aromatic N) is 3. The van der Waals surface area contributed by atoms with Crippen molar-refractivity contribution in [2.45, 2.75) is 62.8 Å². The van der Waals surface area contributed by atoms with Crippen LogP contribution in [0.4, 0.5) is 0 Å². The number of aromatic nitrogens is 2. The fraction of sp³-hybridized carbons (Fsp3) is 0.706. The van der Waals surface area contributed by atoms with Gasteiger partial charge in [0, 0.05) is 24.7 Å². The van der Waals surface area contributed by atoms with Crippen LogP contribution in [0.1, 0.15) is 55.6 Å². The number of likely N-dealkylation sites (tertiary alicyclic amines) is 1. The van der Waals surface area contributed by atoms with Crippen molar-refractivity contribution in [2.75, 3.05) is 13.1 Å². The van der Waals surface area contributed by atoms with Gasteiger partial charge in [0.2, 0.25) is 5.91 Å². The zero-order chi connectivity index (χ0) is 15.4. The fourth-order valence-corrected chi connectivity index (χ4v) is 4.42. The SMILES string of the molecule is Cc1ncc2c(n1)C1(CCCN(C(=O)C3(N)CCC3)C1)CC2.Cl. The highest BCUT2D eigenvalue weighted by molar-refractivity contribution is 5.87. The molecule has 1 aromatic rings. The summed E-state index contributed by atoms with van der Waals surface area (Å²) in [5, 5.41) is 0. The number of hydrogen-bond acceptors (Lipinski definition) is 4. The molecule has 1 aliphatic heterocycles. The molecule has 126 valence electrons. The second kappa shape index (κ2) is 5.71. The Morgan fingerprint density at radius 1 is 1.26 bits per heavy atom. The highest BCUT2D eigenvalue weighted by atomic mass is 35.5. The van der Waals surface area contributed by atoms with Crippen molar-refractivity contribution >= 4 is 18.3 Å². The second-order valence-electron chi connectivity index (χ2n) is 7.41. The van der Waals surface area contributed by atoms with Gasteiger partial charge in [0.15, 0.2) is 0 Å². The maximum absolute atomic E-state index is 12.8. The lowest BCUT2D eigenvalue weighted by atomic mass is 9.74. The van der Waals surface area contributed by atoms with E-state index in [0.29, 0.717) is 0 Å². The van der Waals surface area contributed by atoms with E-state index in [2.05, 4.69) is 4.98 Å². The van der Waals surface area contributed by atoms with E-state index in [1.165, 1.54) is 11.3 Å². The molecule has 0 radical (unpaired) electrons. The van der Waals surface area contributed by atoms with Crippen LogP contribution in [0, 0.1) is 6.92 Å². The van der Waals surface area contributed by atoms with Gasteiger partial charge < -0.3 is 10.6 Å². The van der Waals surface area contributed by atoms with Crippen LogP contribution in [0.2, 0.25) is 0 Å². The molecular formula is C17H25ClN4O. The number of halogens is 1. The summed E-state index contributed by atoms with van der Waals surface area (Å²) in [6, 6.07) is 0. The van der Waals surface area contributed by atoms with Crippen molar-refractivity contribution in [3.05, 3.63) is 23.3 Å².